The van der Waals surface area contributed by atoms with Crippen LogP contribution in [0.15, 0.2) is 30.3 Å². The van der Waals surface area contributed by atoms with E-state index in [0.717, 1.165) is 34.7 Å². The average molecular weight is 285 g/mol. The van der Waals surface area contributed by atoms with Gasteiger partial charge in [0.1, 0.15) is 10.8 Å². The van der Waals surface area contributed by atoms with Gasteiger partial charge in [0.05, 0.1) is 5.56 Å². The maximum atomic E-state index is 5.82. The smallest absolute Gasteiger partial charge is 0.141 e. The summed E-state index contributed by atoms with van der Waals surface area (Å²) in [5.41, 5.74) is 10.9. The monoisotopic (exact) mass is 285 g/mol. The van der Waals surface area contributed by atoms with Crippen LogP contribution in [0.4, 0.5) is 11.5 Å². The van der Waals surface area contributed by atoms with Crippen LogP contribution in [0.3, 0.4) is 0 Å². The molecule has 20 heavy (non-hydrogen) atoms. The summed E-state index contributed by atoms with van der Waals surface area (Å²) >= 11 is 5.13. The molecule has 0 bridgehead atoms. The maximum Gasteiger partial charge on any atom is 0.141 e. The van der Waals surface area contributed by atoms with Gasteiger partial charge in [-0.05, 0) is 49.6 Å². The SMILES string of the molecule is CCc1ccc(Nc2nc(C)cc(C)c2C(N)=S)cc1. The highest BCUT2D eigenvalue weighted by Gasteiger charge is 2.11. The van der Waals surface area contributed by atoms with Crippen LogP contribution < -0.4 is 11.1 Å². The van der Waals surface area contributed by atoms with E-state index < -0.39 is 0 Å². The summed E-state index contributed by atoms with van der Waals surface area (Å²) in [6.45, 7) is 6.09. The zero-order valence-corrected chi connectivity index (χ0v) is 12.8. The van der Waals surface area contributed by atoms with Crippen molar-refractivity contribution in [3.63, 3.8) is 0 Å². The molecule has 0 fully saturated rings. The highest BCUT2D eigenvalue weighted by molar-refractivity contribution is 7.80. The van der Waals surface area contributed by atoms with E-state index in [-0.39, 0.29) is 0 Å². The number of nitrogens with two attached hydrogens (primary N) is 1. The number of hydrogen-bond donors (Lipinski definition) is 2. The molecule has 1 aromatic heterocycles. The second-order valence-corrected chi connectivity index (χ2v) is 5.28. The highest BCUT2D eigenvalue weighted by Crippen LogP contribution is 2.23. The molecule has 2 rings (SSSR count). The van der Waals surface area contributed by atoms with Gasteiger partial charge in [-0.2, -0.15) is 0 Å². The van der Waals surface area contributed by atoms with Crippen LogP contribution in [0.1, 0.15) is 29.3 Å². The van der Waals surface area contributed by atoms with E-state index in [1.807, 2.05) is 32.0 Å². The number of rotatable bonds is 4. The minimum Gasteiger partial charge on any atom is -0.389 e. The summed E-state index contributed by atoms with van der Waals surface area (Å²) < 4.78 is 0. The molecule has 0 atom stereocenters. The van der Waals surface area contributed by atoms with Gasteiger partial charge in [-0.15, -0.1) is 0 Å². The van der Waals surface area contributed by atoms with Crippen molar-refractivity contribution in [2.24, 2.45) is 5.73 Å². The molecule has 0 aliphatic carbocycles. The molecule has 0 saturated heterocycles. The summed E-state index contributed by atoms with van der Waals surface area (Å²) in [5, 5.41) is 3.31. The number of nitrogens with one attached hydrogen (secondary N) is 1. The molecule has 1 aromatic carbocycles. The Balaban J connectivity index is 2.39. The van der Waals surface area contributed by atoms with Gasteiger partial charge < -0.3 is 11.1 Å². The van der Waals surface area contributed by atoms with Crippen LogP contribution >= 0.6 is 12.2 Å². The van der Waals surface area contributed by atoms with Crippen molar-refractivity contribution in [1.82, 2.24) is 4.98 Å². The van der Waals surface area contributed by atoms with Crippen molar-refractivity contribution in [3.05, 3.63) is 52.7 Å². The molecule has 0 aliphatic heterocycles. The molecule has 104 valence electrons. The normalized spacial score (nSPS) is 10.3. The second kappa shape index (κ2) is 6.01. The van der Waals surface area contributed by atoms with Crippen LogP contribution in [0, 0.1) is 13.8 Å². The Morgan fingerprint density at radius 2 is 1.90 bits per heavy atom. The number of benzene rings is 1. The van der Waals surface area contributed by atoms with Gasteiger partial charge in [-0.1, -0.05) is 31.3 Å². The minimum absolute atomic E-state index is 0.364. The van der Waals surface area contributed by atoms with Crippen molar-refractivity contribution in [3.8, 4) is 0 Å². The molecule has 0 spiro atoms. The molecule has 0 aliphatic rings. The topological polar surface area (TPSA) is 50.9 Å². The molecule has 4 heteroatoms. The van der Waals surface area contributed by atoms with Crippen LogP contribution in [0.25, 0.3) is 0 Å². The minimum atomic E-state index is 0.364. The van der Waals surface area contributed by atoms with Gasteiger partial charge in [0.15, 0.2) is 0 Å². The first kappa shape index (κ1) is 14.5. The van der Waals surface area contributed by atoms with Crippen molar-refractivity contribution in [2.45, 2.75) is 27.2 Å². The average Bonchev–Trinajstić information content (AvgIpc) is 2.38. The van der Waals surface area contributed by atoms with E-state index in [0.29, 0.717) is 4.99 Å². The molecule has 3 N–H and O–H groups in total. The van der Waals surface area contributed by atoms with Gasteiger partial charge in [0, 0.05) is 11.4 Å². The fourth-order valence-corrected chi connectivity index (χ4v) is 2.46. The molecule has 1 heterocycles. The van der Waals surface area contributed by atoms with E-state index in [1.54, 1.807) is 0 Å². The Bertz CT molecular complexity index is 633. The summed E-state index contributed by atoms with van der Waals surface area (Å²) in [7, 11) is 0. The van der Waals surface area contributed by atoms with E-state index in [1.165, 1.54) is 5.56 Å². The zero-order valence-electron chi connectivity index (χ0n) is 12.0. The molecular formula is C16H19N3S. The van der Waals surface area contributed by atoms with Crippen molar-refractivity contribution >= 4 is 28.7 Å². The van der Waals surface area contributed by atoms with Crippen LogP contribution in [0.2, 0.25) is 0 Å². The first-order valence-corrected chi connectivity index (χ1v) is 7.06. The Labute approximate surface area is 125 Å². The van der Waals surface area contributed by atoms with Gasteiger partial charge >= 0.3 is 0 Å². The predicted molar refractivity (Wildman–Crippen MR) is 88.7 cm³/mol. The van der Waals surface area contributed by atoms with Gasteiger partial charge in [-0.25, -0.2) is 4.98 Å². The Morgan fingerprint density at radius 1 is 1.25 bits per heavy atom. The van der Waals surface area contributed by atoms with E-state index >= 15 is 0 Å². The Kier molecular flexibility index (Phi) is 4.35. The van der Waals surface area contributed by atoms with Crippen molar-refractivity contribution < 1.29 is 0 Å². The zero-order chi connectivity index (χ0) is 14.7. The third-order valence-corrected chi connectivity index (χ3v) is 3.42. The van der Waals surface area contributed by atoms with Crippen LogP contribution in [0.5, 0.6) is 0 Å². The van der Waals surface area contributed by atoms with E-state index in [4.69, 9.17) is 18.0 Å². The molecule has 0 amide bonds. The summed E-state index contributed by atoms with van der Waals surface area (Å²) in [4.78, 5) is 4.88. The summed E-state index contributed by atoms with van der Waals surface area (Å²) in [5.74, 6) is 0.722. The molecule has 2 aromatic rings. The van der Waals surface area contributed by atoms with E-state index in [2.05, 4.69) is 29.4 Å². The lowest BCUT2D eigenvalue weighted by Crippen LogP contribution is -2.15. The lowest BCUT2D eigenvalue weighted by Gasteiger charge is -2.14. The Morgan fingerprint density at radius 3 is 2.45 bits per heavy atom. The lowest BCUT2D eigenvalue weighted by atomic mass is 10.1. The number of hydrogen-bond acceptors (Lipinski definition) is 3. The number of thiocarbonyl (C=S) groups is 1. The van der Waals surface area contributed by atoms with Crippen molar-refractivity contribution in [1.29, 1.82) is 0 Å². The van der Waals surface area contributed by atoms with Crippen LogP contribution in [-0.2, 0) is 6.42 Å². The number of anilines is 2. The predicted octanol–water partition coefficient (Wildman–Crippen LogP) is 3.64. The molecule has 0 unspecified atom stereocenters. The van der Waals surface area contributed by atoms with Gasteiger partial charge in [0.2, 0.25) is 0 Å². The first-order valence-electron chi connectivity index (χ1n) is 6.65. The first-order chi connectivity index (χ1) is 9.51. The van der Waals surface area contributed by atoms with E-state index in [9.17, 15) is 0 Å². The summed E-state index contributed by atoms with van der Waals surface area (Å²) in [6, 6.07) is 10.3. The van der Waals surface area contributed by atoms with Gasteiger partial charge in [-0.3, -0.25) is 0 Å². The third kappa shape index (κ3) is 3.14. The summed E-state index contributed by atoms with van der Waals surface area (Å²) in [6.07, 6.45) is 1.03. The quantitative estimate of drug-likeness (QED) is 0.842. The number of aromatic nitrogens is 1. The molecular weight excluding hydrogens is 266 g/mol. The second-order valence-electron chi connectivity index (χ2n) is 4.84. The number of nitrogens with zero attached hydrogens (tertiary/aromatic N) is 1. The Hall–Kier alpha value is -1.94. The molecule has 0 saturated carbocycles. The maximum absolute atomic E-state index is 5.82. The third-order valence-electron chi connectivity index (χ3n) is 3.22. The van der Waals surface area contributed by atoms with Crippen molar-refractivity contribution in [2.75, 3.05) is 5.32 Å². The fourth-order valence-electron chi connectivity index (χ4n) is 2.20. The largest absolute Gasteiger partial charge is 0.389 e. The standard InChI is InChI=1S/C16H19N3S/c1-4-12-5-7-13(8-6-12)19-16-14(15(17)20)10(2)9-11(3)18-16/h5-9H,4H2,1-3H3,(H2,17,20)(H,18,19). The molecule has 3 nitrogen and oxygen atoms in total. The number of aryl methyl sites for hydroxylation is 3. The van der Waals surface area contributed by atoms with Crippen LogP contribution in [-0.4, -0.2) is 9.97 Å². The number of pyridine rings is 1. The highest BCUT2D eigenvalue weighted by atomic mass is 32.1. The molecule has 0 radical (unpaired) electrons. The van der Waals surface area contributed by atoms with Gasteiger partial charge in [0.25, 0.3) is 0 Å². The lowest BCUT2D eigenvalue weighted by molar-refractivity contribution is 1.14. The fraction of sp³-hybridized carbons (Fsp3) is 0.250.